The number of benzene rings is 2. The van der Waals surface area contributed by atoms with Gasteiger partial charge in [-0.2, -0.15) is 0 Å². The highest BCUT2D eigenvalue weighted by molar-refractivity contribution is 7.86. The summed E-state index contributed by atoms with van der Waals surface area (Å²) in [6, 6.07) is 15.3. The third-order valence-electron chi connectivity index (χ3n) is 3.18. The van der Waals surface area contributed by atoms with Crippen molar-refractivity contribution < 1.29 is 8.95 Å². The van der Waals surface area contributed by atoms with Gasteiger partial charge in [-0.05, 0) is 23.6 Å². The number of nitrogens with one attached hydrogen (secondary N) is 1. The van der Waals surface area contributed by atoms with Crippen molar-refractivity contribution in [2.24, 2.45) is 0 Å². The Bertz CT molecular complexity index is 633. The van der Waals surface area contributed by atoms with Gasteiger partial charge < -0.3 is 9.46 Å². The van der Waals surface area contributed by atoms with E-state index in [0.717, 1.165) is 11.3 Å². The van der Waals surface area contributed by atoms with Crippen molar-refractivity contribution in [2.45, 2.75) is 31.1 Å². The molecule has 0 bridgehead atoms. The summed E-state index contributed by atoms with van der Waals surface area (Å²) in [6.07, 6.45) is 0. The molecule has 2 aromatic carbocycles. The van der Waals surface area contributed by atoms with Crippen molar-refractivity contribution >= 4 is 16.7 Å². The molecule has 2 aromatic rings. The van der Waals surface area contributed by atoms with Crippen LogP contribution in [0.5, 0.6) is 5.75 Å². The number of hydrogen-bond donors (Lipinski definition) is 1. The van der Waals surface area contributed by atoms with Crippen molar-refractivity contribution in [3.8, 4) is 5.75 Å². The predicted molar refractivity (Wildman–Crippen MR) is 88.2 cm³/mol. The minimum atomic E-state index is -1.37. The van der Waals surface area contributed by atoms with E-state index in [1.54, 1.807) is 7.11 Å². The third-order valence-corrected chi connectivity index (χ3v) is 4.32. The molecule has 4 heteroatoms. The summed E-state index contributed by atoms with van der Waals surface area (Å²) in [7, 11) is 0.253. The lowest BCUT2D eigenvalue weighted by Crippen LogP contribution is -2.15. The SMILES string of the molecule is COc1c(S(=O)Nc2ccccc2)cccc1C(C)(C)C. The van der Waals surface area contributed by atoms with E-state index >= 15 is 0 Å². The average molecular weight is 303 g/mol. The molecule has 0 saturated heterocycles. The van der Waals surface area contributed by atoms with Crippen LogP contribution < -0.4 is 9.46 Å². The van der Waals surface area contributed by atoms with E-state index < -0.39 is 11.0 Å². The van der Waals surface area contributed by atoms with E-state index in [2.05, 4.69) is 25.5 Å². The van der Waals surface area contributed by atoms with Gasteiger partial charge in [0.15, 0.2) is 11.0 Å². The number of para-hydroxylation sites is 2. The standard InChI is InChI=1S/C17H21NO2S/c1-17(2,3)14-11-8-12-15(16(14)20-4)21(19)18-13-9-6-5-7-10-13/h5-12,18H,1-4H3. The minimum absolute atomic E-state index is 0.0711. The molecule has 0 aromatic heterocycles. The summed E-state index contributed by atoms with van der Waals surface area (Å²) in [5.41, 5.74) is 1.79. The zero-order chi connectivity index (χ0) is 15.5. The monoisotopic (exact) mass is 303 g/mol. The maximum absolute atomic E-state index is 12.6. The quantitative estimate of drug-likeness (QED) is 0.922. The van der Waals surface area contributed by atoms with Crippen LogP contribution in [0.1, 0.15) is 26.3 Å². The molecule has 1 unspecified atom stereocenters. The molecule has 2 rings (SSSR count). The zero-order valence-corrected chi connectivity index (χ0v) is 13.7. The van der Waals surface area contributed by atoms with Crippen molar-refractivity contribution in [1.82, 2.24) is 0 Å². The fourth-order valence-electron chi connectivity index (χ4n) is 2.13. The van der Waals surface area contributed by atoms with Gasteiger partial charge in [-0.25, -0.2) is 4.21 Å². The summed E-state index contributed by atoms with van der Waals surface area (Å²) in [5, 5.41) is 0. The molecular formula is C17H21NO2S. The molecule has 1 atom stereocenters. The molecule has 0 fully saturated rings. The van der Waals surface area contributed by atoms with Gasteiger partial charge in [-0.3, -0.25) is 0 Å². The molecule has 0 aliphatic heterocycles. The highest BCUT2D eigenvalue weighted by Crippen LogP contribution is 2.35. The van der Waals surface area contributed by atoms with E-state index in [1.807, 2.05) is 48.5 Å². The smallest absolute Gasteiger partial charge is 0.154 e. The van der Waals surface area contributed by atoms with Gasteiger partial charge in [0.05, 0.1) is 7.11 Å². The highest BCUT2D eigenvalue weighted by Gasteiger charge is 2.23. The molecule has 3 nitrogen and oxygen atoms in total. The van der Waals surface area contributed by atoms with Crippen molar-refractivity contribution in [2.75, 3.05) is 11.8 Å². The first kappa shape index (κ1) is 15.6. The van der Waals surface area contributed by atoms with E-state index in [-0.39, 0.29) is 5.41 Å². The second-order valence-electron chi connectivity index (χ2n) is 5.82. The molecule has 0 saturated carbocycles. The summed E-state index contributed by atoms with van der Waals surface area (Å²) >= 11 is 0. The van der Waals surface area contributed by atoms with E-state index in [0.29, 0.717) is 10.6 Å². The Morgan fingerprint density at radius 1 is 1.00 bits per heavy atom. The van der Waals surface area contributed by atoms with Gasteiger partial charge in [-0.15, -0.1) is 0 Å². The Balaban J connectivity index is 2.38. The largest absolute Gasteiger partial charge is 0.495 e. The molecule has 0 aliphatic rings. The Hall–Kier alpha value is -1.81. The Morgan fingerprint density at radius 2 is 1.67 bits per heavy atom. The first-order valence-corrected chi connectivity index (χ1v) is 7.99. The Labute approximate surface area is 128 Å². The van der Waals surface area contributed by atoms with E-state index in [4.69, 9.17) is 4.74 Å². The lowest BCUT2D eigenvalue weighted by Gasteiger charge is -2.23. The van der Waals surface area contributed by atoms with Crippen LogP contribution in [0.3, 0.4) is 0 Å². The predicted octanol–water partition coefficient (Wildman–Crippen LogP) is 4.13. The summed E-state index contributed by atoms with van der Waals surface area (Å²) in [5.74, 6) is 0.687. The fraction of sp³-hybridized carbons (Fsp3) is 0.294. The molecule has 0 spiro atoms. The van der Waals surface area contributed by atoms with Crippen LogP contribution in [0.25, 0.3) is 0 Å². The maximum Gasteiger partial charge on any atom is 0.154 e. The summed E-state index contributed by atoms with van der Waals surface area (Å²) < 4.78 is 21.1. The fourth-order valence-corrected chi connectivity index (χ4v) is 3.16. The van der Waals surface area contributed by atoms with Gasteiger partial charge >= 0.3 is 0 Å². The lowest BCUT2D eigenvalue weighted by atomic mass is 9.86. The molecule has 0 radical (unpaired) electrons. The van der Waals surface area contributed by atoms with Crippen LogP contribution in [0.4, 0.5) is 5.69 Å². The maximum atomic E-state index is 12.6. The number of methoxy groups -OCH3 is 1. The topological polar surface area (TPSA) is 38.3 Å². The average Bonchev–Trinajstić information content (AvgIpc) is 2.46. The molecule has 112 valence electrons. The normalized spacial score (nSPS) is 12.8. The molecule has 0 heterocycles. The van der Waals surface area contributed by atoms with Crippen LogP contribution in [-0.2, 0) is 16.4 Å². The number of anilines is 1. The molecule has 0 aliphatic carbocycles. The van der Waals surface area contributed by atoms with Crippen LogP contribution in [0.15, 0.2) is 53.4 Å². The Morgan fingerprint density at radius 3 is 2.24 bits per heavy atom. The van der Waals surface area contributed by atoms with Gasteiger partial charge in [0.25, 0.3) is 0 Å². The Kier molecular flexibility index (Phi) is 4.68. The number of rotatable bonds is 4. The van der Waals surface area contributed by atoms with E-state index in [1.165, 1.54) is 0 Å². The third kappa shape index (κ3) is 3.64. The van der Waals surface area contributed by atoms with Gasteiger partial charge in [-0.1, -0.05) is 51.1 Å². The van der Waals surface area contributed by atoms with Crippen LogP contribution in [0.2, 0.25) is 0 Å². The second-order valence-corrected chi connectivity index (χ2v) is 7.01. The van der Waals surface area contributed by atoms with E-state index in [9.17, 15) is 4.21 Å². The molecular weight excluding hydrogens is 282 g/mol. The lowest BCUT2D eigenvalue weighted by molar-refractivity contribution is 0.387. The minimum Gasteiger partial charge on any atom is -0.495 e. The van der Waals surface area contributed by atoms with Gasteiger partial charge in [0.1, 0.15) is 10.6 Å². The molecule has 0 amide bonds. The summed E-state index contributed by atoms with van der Waals surface area (Å²) in [6.45, 7) is 6.34. The van der Waals surface area contributed by atoms with Crippen molar-refractivity contribution in [3.05, 3.63) is 54.1 Å². The van der Waals surface area contributed by atoms with Gasteiger partial charge in [0.2, 0.25) is 0 Å². The zero-order valence-electron chi connectivity index (χ0n) is 12.8. The highest BCUT2D eigenvalue weighted by atomic mass is 32.2. The van der Waals surface area contributed by atoms with Crippen molar-refractivity contribution in [1.29, 1.82) is 0 Å². The second kappa shape index (κ2) is 6.31. The first-order valence-electron chi connectivity index (χ1n) is 6.84. The van der Waals surface area contributed by atoms with Crippen LogP contribution in [-0.4, -0.2) is 11.3 Å². The van der Waals surface area contributed by atoms with Gasteiger partial charge in [0, 0.05) is 11.3 Å². The van der Waals surface area contributed by atoms with Crippen LogP contribution in [0, 0.1) is 0 Å². The molecule has 1 N–H and O–H groups in total. The summed E-state index contributed by atoms with van der Waals surface area (Å²) in [4.78, 5) is 0.661. The molecule has 21 heavy (non-hydrogen) atoms. The first-order chi connectivity index (χ1) is 9.93. The number of ether oxygens (including phenoxy) is 1. The van der Waals surface area contributed by atoms with Crippen LogP contribution >= 0.6 is 0 Å². The van der Waals surface area contributed by atoms with Crippen molar-refractivity contribution in [3.63, 3.8) is 0 Å². The number of hydrogen-bond acceptors (Lipinski definition) is 2.